The Hall–Kier alpha value is -1.10. The van der Waals surface area contributed by atoms with Crippen LogP contribution in [0.25, 0.3) is 0 Å². The number of aliphatic hydroxyl groups excluding tert-OH is 1. The summed E-state index contributed by atoms with van der Waals surface area (Å²) in [5.41, 5.74) is 7.59. The Balaban J connectivity index is 2.45. The number of nitrogens with one attached hydrogen (secondary N) is 1. The largest absolute Gasteiger partial charge is 0.398 e. The smallest absolute Gasteiger partial charge is 0.0638 e. The number of methoxy groups -OCH3 is 1. The van der Waals surface area contributed by atoms with E-state index >= 15 is 0 Å². The molecule has 1 aromatic carbocycles. The third kappa shape index (κ3) is 3.87. The number of para-hydroxylation sites is 1. The first kappa shape index (κ1) is 12.0. The monoisotopic (exact) mass is 210 g/mol. The van der Waals surface area contributed by atoms with Crippen molar-refractivity contribution in [1.29, 1.82) is 0 Å². The lowest BCUT2D eigenvalue weighted by molar-refractivity contribution is 0.128. The van der Waals surface area contributed by atoms with Crippen LogP contribution in [0.4, 0.5) is 5.69 Å². The highest BCUT2D eigenvalue weighted by molar-refractivity contribution is 5.46. The predicted octanol–water partition coefficient (Wildman–Crippen LogP) is 0.366. The summed E-state index contributed by atoms with van der Waals surface area (Å²) in [5, 5.41) is 12.2. The molecule has 0 spiro atoms. The van der Waals surface area contributed by atoms with Crippen molar-refractivity contribution >= 4 is 5.69 Å². The molecule has 0 aromatic heterocycles. The second-order valence-electron chi connectivity index (χ2n) is 3.41. The minimum atomic E-state index is -0.0467. The van der Waals surface area contributed by atoms with Crippen LogP contribution in [0.1, 0.15) is 5.56 Å². The molecule has 0 aliphatic heterocycles. The summed E-state index contributed by atoms with van der Waals surface area (Å²) in [7, 11) is 1.61. The predicted molar refractivity (Wildman–Crippen MR) is 60.4 cm³/mol. The maximum absolute atomic E-state index is 9.03. The molecule has 0 bridgehead atoms. The average Bonchev–Trinajstić information content (AvgIpc) is 2.26. The van der Waals surface area contributed by atoms with Gasteiger partial charge in [-0.05, 0) is 11.6 Å². The van der Waals surface area contributed by atoms with E-state index in [4.69, 9.17) is 15.6 Å². The summed E-state index contributed by atoms with van der Waals surface area (Å²) >= 11 is 0. The highest BCUT2D eigenvalue weighted by Gasteiger charge is 2.06. The van der Waals surface area contributed by atoms with E-state index in [-0.39, 0.29) is 12.6 Å². The standard InChI is InChI=1S/C11H18N2O2/c1-15-8-10(7-14)13-6-9-4-2-3-5-11(9)12/h2-5,10,13-14H,6-8,12H2,1H3. The summed E-state index contributed by atoms with van der Waals surface area (Å²) in [6, 6.07) is 7.62. The SMILES string of the molecule is COCC(CO)NCc1ccccc1N. The second kappa shape index (κ2) is 6.40. The van der Waals surface area contributed by atoms with Gasteiger partial charge in [-0.2, -0.15) is 0 Å². The van der Waals surface area contributed by atoms with E-state index in [1.54, 1.807) is 7.11 Å². The number of anilines is 1. The first-order valence-electron chi connectivity index (χ1n) is 4.94. The van der Waals surface area contributed by atoms with Crippen molar-refractivity contribution in [3.05, 3.63) is 29.8 Å². The van der Waals surface area contributed by atoms with Crippen LogP contribution in [-0.2, 0) is 11.3 Å². The third-order valence-electron chi connectivity index (χ3n) is 2.22. The number of nitrogens with two attached hydrogens (primary N) is 1. The first-order chi connectivity index (χ1) is 7.27. The lowest BCUT2D eigenvalue weighted by Gasteiger charge is -2.15. The molecule has 0 fully saturated rings. The molecule has 4 heteroatoms. The van der Waals surface area contributed by atoms with Crippen LogP contribution in [0, 0.1) is 0 Å². The minimum absolute atomic E-state index is 0.0467. The summed E-state index contributed by atoms with van der Waals surface area (Å²) < 4.78 is 4.96. The molecular weight excluding hydrogens is 192 g/mol. The lowest BCUT2D eigenvalue weighted by Crippen LogP contribution is -2.36. The van der Waals surface area contributed by atoms with Crippen molar-refractivity contribution in [3.63, 3.8) is 0 Å². The molecule has 0 amide bonds. The van der Waals surface area contributed by atoms with Crippen LogP contribution in [0.5, 0.6) is 0 Å². The van der Waals surface area contributed by atoms with Gasteiger partial charge in [0.15, 0.2) is 0 Å². The van der Waals surface area contributed by atoms with Crippen LogP contribution < -0.4 is 11.1 Å². The molecule has 1 aromatic rings. The highest BCUT2D eigenvalue weighted by Crippen LogP contribution is 2.09. The fourth-order valence-corrected chi connectivity index (χ4v) is 1.33. The molecule has 1 unspecified atom stereocenters. The van der Waals surface area contributed by atoms with E-state index in [0.29, 0.717) is 13.2 Å². The Kier molecular flexibility index (Phi) is 5.10. The van der Waals surface area contributed by atoms with Gasteiger partial charge in [0.2, 0.25) is 0 Å². The minimum Gasteiger partial charge on any atom is -0.398 e. The maximum Gasteiger partial charge on any atom is 0.0638 e. The summed E-state index contributed by atoms with van der Waals surface area (Å²) in [5.74, 6) is 0. The normalized spacial score (nSPS) is 12.7. The fraction of sp³-hybridized carbons (Fsp3) is 0.455. The topological polar surface area (TPSA) is 67.5 Å². The first-order valence-corrected chi connectivity index (χ1v) is 4.94. The molecule has 0 aliphatic rings. The van der Waals surface area contributed by atoms with Crippen LogP contribution in [-0.4, -0.2) is 31.5 Å². The van der Waals surface area contributed by atoms with E-state index < -0.39 is 0 Å². The van der Waals surface area contributed by atoms with Crippen molar-refractivity contribution in [2.45, 2.75) is 12.6 Å². The molecular formula is C11H18N2O2. The number of benzene rings is 1. The molecule has 0 saturated heterocycles. The van der Waals surface area contributed by atoms with Gasteiger partial charge in [-0.25, -0.2) is 0 Å². The Morgan fingerprint density at radius 2 is 2.20 bits per heavy atom. The van der Waals surface area contributed by atoms with Gasteiger partial charge < -0.3 is 20.9 Å². The Bertz CT molecular complexity index is 292. The van der Waals surface area contributed by atoms with E-state index in [9.17, 15) is 0 Å². The van der Waals surface area contributed by atoms with Crippen molar-refractivity contribution < 1.29 is 9.84 Å². The van der Waals surface area contributed by atoms with Crippen LogP contribution in [0.15, 0.2) is 24.3 Å². The second-order valence-corrected chi connectivity index (χ2v) is 3.41. The number of ether oxygens (including phenoxy) is 1. The molecule has 0 saturated carbocycles. The van der Waals surface area contributed by atoms with E-state index in [1.807, 2.05) is 24.3 Å². The van der Waals surface area contributed by atoms with E-state index in [1.165, 1.54) is 0 Å². The van der Waals surface area contributed by atoms with Gasteiger partial charge in [-0.3, -0.25) is 0 Å². The van der Waals surface area contributed by atoms with Gasteiger partial charge >= 0.3 is 0 Å². The van der Waals surface area contributed by atoms with Gasteiger partial charge in [0, 0.05) is 19.3 Å². The number of aliphatic hydroxyl groups is 1. The summed E-state index contributed by atoms with van der Waals surface area (Å²) in [6.07, 6.45) is 0. The van der Waals surface area contributed by atoms with E-state index in [0.717, 1.165) is 11.3 Å². The Morgan fingerprint density at radius 1 is 1.47 bits per heavy atom. The molecule has 0 heterocycles. The molecule has 15 heavy (non-hydrogen) atoms. The van der Waals surface area contributed by atoms with Gasteiger partial charge in [0.25, 0.3) is 0 Å². The van der Waals surface area contributed by atoms with Gasteiger partial charge in [0.05, 0.1) is 19.3 Å². The van der Waals surface area contributed by atoms with Crippen molar-refractivity contribution in [2.75, 3.05) is 26.1 Å². The molecule has 4 nitrogen and oxygen atoms in total. The highest BCUT2D eigenvalue weighted by atomic mass is 16.5. The Morgan fingerprint density at radius 3 is 2.80 bits per heavy atom. The molecule has 1 rings (SSSR count). The van der Waals surface area contributed by atoms with E-state index in [2.05, 4.69) is 5.32 Å². The molecule has 84 valence electrons. The zero-order chi connectivity index (χ0) is 11.1. The van der Waals surface area contributed by atoms with Gasteiger partial charge in [-0.1, -0.05) is 18.2 Å². The van der Waals surface area contributed by atoms with Crippen molar-refractivity contribution in [3.8, 4) is 0 Å². The summed E-state index contributed by atoms with van der Waals surface area (Å²) in [4.78, 5) is 0. The molecule has 0 aliphatic carbocycles. The number of rotatable bonds is 6. The zero-order valence-corrected chi connectivity index (χ0v) is 8.94. The molecule has 1 atom stereocenters. The van der Waals surface area contributed by atoms with Crippen molar-refractivity contribution in [1.82, 2.24) is 5.32 Å². The number of hydrogen-bond acceptors (Lipinski definition) is 4. The molecule has 4 N–H and O–H groups in total. The van der Waals surface area contributed by atoms with Crippen LogP contribution in [0.3, 0.4) is 0 Å². The fourth-order valence-electron chi connectivity index (χ4n) is 1.33. The summed E-state index contributed by atoms with van der Waals surface area (Å²) in [6.45, 7) is 1.19. The number of nitrogen functional groups attached to an aromatic ring is 1. The van der Waals surface area contributed by atoms with Crippen LogP contribution in [0.2, 0.25) is 0 Å². The molecule has 0 radical (unpaired) electrons. The third-order valence-corrected chi connectivity index (χ3v) is 2.22. The number of hydrogen-bond donors (Lipinski definition) is 3. The van der Waals surface area contributed by atoms with Crippen LogP contribution >= 0.6 is 0 Å². The zero-order valence-electron chi connectivity index (χ0n) is 8.94. The quantitative estimate of drug-likeness (QED) is 0.593. The average molecular weight is 210 g/mol. The van der Waals surface area contributed by atoms with Crippen molar-refractivity contribution in [2.24, 2.45) is 0 Å². The van der Waals surface area contributed by atoms with Gasteiger partial charge in [-0.15, -0.1) is 0 Å². The lowest BCUT2D eigenvalue weighted by atomic mass is 10.1. The Labute approximate surface area is 90.1 Å². The van der Waals surface area contributed by atoms with Gasteiger partial charge in [0.1, 0.15) is 0 Å². The maximum atomic E-state index is 9.03.